The zero-order valence-electron chi connectivity index (χ0n) is 9.12. The molecule has 1 aromatic heterocycles. The van der Waals surface area contributed by atoms with Crippen molar-refractivity contribution in [3.05, 3.63) is 11.5 Å². The van der Waals surface area contributed by atoms with Gasteiger partial charge in [0.2, 0.25) is 11.2 Å². The summed E-state index contributed by atoms with van der Waals surface area (Å²) in [5, 5.41) is 5.63. The van der Waals surface area contributed by atoms with Crippen molar-refractivity contribution in [3.8, 4) is 0 Å². The van der Waals surface area contributed by atoms with Gasteiger partial charge in [0.25, 0.3) is 0 Å². The molecular weight excluding hydrogens is 230 g/mol. The Labute approximate surface area is 98.6 Å². The van der Waals surface area contributed by atoms with Gasteiger partial charge in [-0.2, -0.15) is 4.98 Å². The average molecular weight is 244 g/mol. The molecule has 16 heavy (non-hydrogen) atoms. The van der Waals surface area contributed by atoms with Gasteiger partial charge < -0.3 is 16.4 Å². The van der Waals surface area contributed by atoms with E-state index in [1.807, 2.05) is 6.92 Å². The molecule has 1 unspecified atom stereocenters. The summed E-state index contributed by atoms with van der Waals surface area (Å²) in [4.78, 5) is 19.1. The predicted octanol–water partition coefficient (Wildman–Crippen LogP) is 0.649. The van der Waals surface area contributed by atoms with Crippen molar-refractivity contribution in [3.63, 3.8) is 0 Å². The van der Waals surface area contributed by atoms with E-state index in [1.165, 1.54) is 6.20 Å². The highest BCUT2D eigenvalue weighted by Gasteiger charge is 2.13. The molecule has 88 valence electrons. The highest BCUT2D eigenvalue weighted by Crippen LogP contribution is 2.16. The van der Waals surface area contributed by atoms with Crippen molar-refractivity contribution in [2.24, 2.45) is 0 Å². The molecule has 1 rings (SSSR count). The van der Waals surface area contributed by atoms with E-state index in [2.05, 4.69) is 20.6 Å². The van der Waals surface area contributed by atoms with Crippen molar-refractivity contribution in [2.45, 2.75) is 19.9 Å². The maximum atomic E-state index is 11.5. The minimum absolute atomic E-state index is 0.0831. The largest absolute Gasteiger partial charge is 0.394 e. The van der Waals surface area contributed by atoms with Gasteiger partial charge in [-0.1, -0.05) is 0 Å². The Morgan fingerprint density at radius 1 is 1.69 bits per heavy atom. The fraction of sp³-hybridized carbons (Fsp3) is 0.444. The zero-order valence-corrected chi connectivity index (χ0v) is 9.88. The van der Waals surface area contributed by atoms with Crippen LogP contribution in [-0.4, -0.2) is 28.5 Å². The van der Waals surface area contributed by atoms with E-state index in [-0.39, 0.29) is 11.2 Å². The van der Waals surface area contributed by atoms with Gasteiger partial charge in [0, 0.05) is 6.54 Å². The van der Waals surface area contributed by atoms with E-state index in [4.69, 9.17) is 17.3 Å². The third kappa shape index (κ3) is 3.23. The van der Waals surface area contributed by atoms with Crippen LogP contribution in [0.25, 0.3) is 0 Å². The second-order valence-corrected chi connectivity index (χ2v) is 3.54. The van der Waals surface area contributed by atoms with E-state index in [0.717, 1.165) is 0 Å². The zero-order chi connectivity index (χ0) is 12.1. The first kappa shape index (κ1) is 12.5. The Bertz CT molecular complexity index is 384. The lowest BCUT2D eigenvalue weighted by atomic mass is 10.3. The standard InChI is InChI=1S/C9H14ClN5O/c1-3-12-8(16)5(2)14-7-6(11)4-13-9(10)15-7/h4-5H,3,11H2,1-2H3,(H,12,16)(H,13,14,15). The van der Waals surface area contributed by atoms with Crippen molar-refractivity contribution in [1.82, 2.24) is 15.3 Å². The Morgan fingerprint density at radius 3 is 3.00 bits per heavy atom. The number of halogens is 1. The van der Waals surface area contributed by atoms with Crippen molar-refractivity contribution in [1.29, 1.82) is 0 Å². The van der Waals surface area contributed by atoms with Crippen LogP contribution in [0.3, 0.4) is 0 Å². The number of nitrogens with two attached hydrogens (primary N) is 1. The Hall–Kier alpha value is -1.56. The number of amides is 1. The predicted molar refractivity (Wildman–Crippen MR) is 63.2 cm³/mol. The number of likely N-dealkylation sites (N-methyl/N-ethyl adjacent to an activating group) is 1. The fourth-order valence-electron chi connectivity index (χ4n) is 1.08. The molecule has 0 saturated carbocycles. The van der Waals surface area contributed by atoms with E-state index in [0.29, 0.717) is 18.1 Å². The number of nitrogens with one attached hydrogen (secondary N) is 2. The lowest BCUT2D eigenvalue weighted by Crippen LogP contribution is -2.37. The van der Waals surface area contributed by atoms with Crippen molar-refractivity contribution >= 4 is 29.0 Å². The van der Waals surface area contributed by atoms with Crippen LogP contribution in [0.5, 0.6) is 0 Å². The van der Waals surface area contributed by atoms with E-state index in [1.54, 1.807) is 6.92 Å². The van der Waals surface area contributed by atoms with Crippen LogP contribution in [0.15, 0.2) is 6.20 Å². The molecule has 0 radical (unpaired) electrons. The van der Waals surface area contributed by atoms with Gasteiger partial charge in [-0.15, -0.1) is 0 Å². The number of rotatable bonds is 4. The third-order valence-electron chi connectivity index (χ3n) is 1.89. The van der Waals surface area contributed by atoms with Crippen LogP contribution < -0.4 is 16.4 Å². The van der Waals surface area contributed by atoms with Gasteiger partial charge in [-0.25, -0.2) is 4.98 Å². The number of aromatic nitrogens is 2. The fourth-order valence-corrected chi connectivity index (χ4v) is 1.22. The molecule has 6 nitrogen and oxygen atoms in total. The van der Waals surface area contributed by atoms with E-state index in [9.17, 15) is 4.79 Å². The van der Waals surface area contributed by atoms with Crippen LogP contribution in [-0.2, 0) is 4.79 Å². The summed E-state index contributed by atoms with van der Waals surface area (Å²) in [6, 6.07) is -0.437. The maximum Gasteiger partial charge on any atom is 0.242 e. The molecule has 0 aliphatic heterocycles. The first-order valence-corrected chi connectivity index (χ1v) is 5.24. The number of nitrogen functional groups attached to an aromatic ring is 1. The molecule has 0 fully saturated rings. The van der Waals surface area contributed by atoms with E-state index >= 15 is 0 Å². The van der Waals surface area contributed by atoms with Crippen molar-refractivity contribution < 1.29 is 4.79 Å². The molecule has 4 N–H and O–H groups in total. The molecule has 0 aliphatic rings. The number of hydrogen-bond donors (Lipinski definition) is 3. The number of nitrogens with zero attached hydrogens (tertiary/aromatic N) is 2. The lowest BCUT2D eigenvalue weighted by molar-refractivity contribution is -0.121. The molecule has 0 bridgehead atoms. The SMILES string of the molecule is CCNC(=O)C(C)Nc1nc(Cl)ncc1N. The molecule has 1 atom stereocenters. The highest BCUT2D eigenvalue weighted by atomic mass is 35.5. The monoisotopic (exact) mass is 243 g/mol. The van der Waals surface area contributed by atoms with Crippen molar-refractivity contribution in [2.75, 3.05) is 17.6 Å². The second-order valence-electron chi connectivity index (χ2n) is 3.20. The summed E-state index contributed by atoms with van der Waals surface area (Å²) < 4.78 is 0. The minimum Gasteiger partial charge on any atom is -0.394 e. The second kappa shape index (κ2) is 5.50. The third-order valence-corrected chi connectivity index (χ3v) is 2.07. The molecule has 0 spiro atoms. The van der Waals surface area contributed by atoms with Crippen LogP contribution in [0.2, 0.25) is 5.28 Å². The molecule has 1 aromatic rings. The quantitative estimate of drug-likeness (QED) is 0.675. The van der Waals surface area contributed by atoms with Gasteiger partial charge in [0.1, 0.15) is 6.04 Å². The van der Waals surface area contributed by atoms with Crippen LogP contribution in [0.1, 0.15) is 13.8 Å². The van der Waals surface area contributed by atoms with Crippen LogP contribution in [0.4, 0.5) is 11.5 Å². The van der Waals surface area contributed by atoms with Gasteiger partial charge in [-0.05, 0) is 25.4 Å². The van der Waals surface area contributed by atoms with Crippen LogP contribution in [0, 0.1) is 0 Å². The molecule has 7 heteroatoms. The molecule has 0 aliphatic carbocycles. The summed E-state index contributed by atoms with van der Waals surface area (Å²) in [6.45, 7) is 4.13. The Kier molecular flexibility index (Phi) is 4.30. The smallest absolute Gasteiger partial charge is 0.242 e. The first-order chi connectivity index (χ1) is 7.54. The molecular formula is C9H14ClN5O. The lowest BCUT2D eigenvalue weighted by Gasteiger charge is -2.14. The number of hydrogen-bond acceptors (Lipinski definition) is 5. The molecule has 1 heterocycles. The Balaban J connectivity index is 2.72. The molecule has 1 amide bonds. The summed E-state index contributed by atoms with van der Waals surface area (Å²) in [6.07, 6.45) is 1.39. The van der Waals surface area contributed by atoms with Gasteiger partial charge in [0.15, 0.2) is 5.82 Å². The summed E-state index contributed by atoms with van der Waals surface area (Å²) in [5.41, 5.74) is 5.98. The average Bonchev–Trinajstić information content (AvgIpc) is 2.23. The molecule has 0 saturated heterocycles. The Morgan fingerprint density at radius 2 is 2.38 bits per heavy atom. The number of anilines is 2. The highest BCUT2D eigenvalue weighted by molar-refractivity contribution is 6.28. The van der Waals surface area contributed by atoms with Gasteiger partial charge >= 0.3 is 0 Å². The molecule has 0 aromatic carbocycles. The minimum atomic E-state index is -0.437. The maximum absolute atomic E-state index is 11.5. The summed E-state index contributed by atoms with van der Waals surface area (Å²) in [7, 11) is 0. The first-order valence-electron chi connectivity index (χ1n) is 4.86. The van der Waals surface area contributed by atoms with E-state index < -0.39 is 6.04 Å². The normalized spacial score (nSPS) is 11.9. The van der Waals surface area contributed by atoms with Crippen LogP contribution >= 0.6 is 11.6 Å². The van der Waals surface area contributed by atoms with Gasteiger partial charge in [0.05, 0.1) is 11.9 Å². The summed E-state index contributed by atoms with van der Waals surface area (Å²) in [5.74, 6) is 0.232. The number of carbonyl (C=O) groups excluding carboxylic acids is 1. The van der Waals surface area contributed by atoms with Gasteiger partial charge in [-0.3, -0.25) is 4.79 Å². The summed E-state index contributed by atoms with van der Waals surface area (Å²) >= 11 is 5.62. The number of carbonyl (C=O) groups is 1. The topological polar surface area (TPSA) is 92.9 Å².